The molecule has 0 aliphatic heterocycles. The largest absolute Gasteiger partial charge is 0.381 e. The van der Waals surface area contributed by atoms with Crippen molar-refractivity contribution in [2.45, 2.75) is 33.7 Å². The lowest BCUT2D eigenvalue weighted by atomic mass is 10.1. The van der Waals surface area contributed by atoms with Crippen LogP contribution in [-0.4, -0.2) is 50.6 Å². The molecule has 2 amide bonds. The van der Waals surface area contributed by atoms with Gasteiger partial charge in [0.1, 0.15) is 0 Å². The summed E-state index contributed by atoms with van der Waals surface area (Å²) in [5, 5.41) is 8.95. The van der Waals surface area contributed by atoms with Gasteiger partial charge in [-0.25, -0.2) is 4.99 Å². The van der Waals surface area contributed by atoms with E-state index >= 15 is 0 Å². The van der Waals surface area contributed by atoms with E-state index in [1.807, 2.05) is 19.1 Å². The Morgan fingerprint density at radius 1 is 1.14 bits per heavy atom. The molecular formula is C20H34IN5O3. The Morgan fingerprint density at radius 2 is 1.83 bits per heavy atom. The molecule has 0 unspecified atom stereocenters. The molecule has 29 heavy (non-hydrogen) atoms. The van der Waals surface area contributed by atoms with Crippen molar-refractivity contribution in [2.24, 2.45) is 16.6 Å². The summed E-state index contributed by atoms with van der Waals surface area (Å²) >= 11 is 0. The lowest BCUT2D eigenvalue weighted by molar-refractivity contribution is -0.117. The van der Waals surface area contributed by atoms with Crippen LogP contribution < -0.4 is 21.7 Å². The maximum absolute atomic E-state index is 11.9. The molecule has 0 atom stereocenters. The zero-order valence-corrected chi connectivity index (χ0v) is 19.8. The van der Waals surface area contributed by atoms with Crippen LogP contribution in [0.4, 0.5) is 0 Å². The van der Waals surface area contributed by atoms with Crippen LogP contribution in [0.1, 0.15) is 43.1 Å². The number of hydrogen-bond acceptors (Lipinski definition) is 4. The second-order valence-corrected chi connectivity index (χ2v) is 6.79. The average molecular weight is 519 g/mol. The van der Waals surface area contributed by atoms with Crippen molar-refractivity contribution >= 4 is 41.8 Å². The van der Waals surface area contributed by atoms with Crippen LogP contribution >= 0.6 is 24.0 Å². The zero-order chi connectivity index (χ0) is 20.8. The molecule has 0 bridgehead atoms. The fourth-order valence-electron chi connectivity index (χ4n) is 2.24. The van der Waals surface area contributed by atoms with Gasteiger partial charge >= 0.3 is 0 Å². The van der Waals surface area contributed by atoms with Crippen LogP contribution in [0.25, 0.3) is 0 Å². The molecule has 5 N–H and O–H groups in total. The third-order valence-corrected chi connectivity index (χ3v) is 3.61. The van der Waals surface area contributed by atoms with Crippen LogP contribution in [0, 0.1) is 5.92 Å². The summed E-state index contributed by atoms with van der Waals surface area (Å²) < 4.78 is 5.57. The fraction of sp³-hybridized carbons (Fsp3) is 0.550. The Labute approximate surface area is 190 Å². The Bertz CT molecular complexity index is 636. The number of nitrogens with two attached hydrogens (primary N) is 1. The Hall–Kier alpha value is -1.88. The van der Waals surface area contributed by atoms with E-state index in [0.717, 1.165) is 44.2 Å². The van der Waals surface area contributed by atoms with Crippen LogP contribution in [0.5, 0.6) is 0 Å². The summed E-state index contributed by atoms with van der Waals surface area (Å²) in [5.74, 6) is 0.389. The van der Waals surface area contributed by atoms with Gasteiger partial charge in [-0.1, -0.05) is 26.0 Å². The van der Waals surface area contributed by atoms with Crippen molar-refractivity contribution < 1.29 is 14.3 Å². The predicted molar refractivity (Wildman–Crippen MR) is 126 cm³/mol. The van der Waals surface area contributed by atoms with Crippen molar-refractivity contribution in [3.63, 3.8) is 0 Å². The number of nitrogens with one attached hydrogen (secondary N) is 3. The van der Waals surface area contributed by atoms with Gasteiger partial charge in [-0.05, 0) is 37.0 Å². The third-order valence-electron chi connectivity index (χ3n) is 3.61. The van der Waals surface area contributed by atoms with E-state index in [0.29, 0.717) is 18.0 Å². The van der Waals surface area contributed by atoms with Gasteiger partial charge in [0.05, 0.1) is 13.1 Å². The first kappa shape index (κ1) is 27.1. The van der Waals surface area contributed by atoms with E-state index < -0.39 is 5.91 Å². The topological polar surface area (TPSA) is 118 Å². The second-order valence-electron chi connectivity index (χ2n) is 6.79. The smallest absolute Gasteiger partial charge is 0.251 e. The molecule has 9 heteroatoms. The van der Waals surface area contributed by atoms with Gasteiger partial charge in [-0.15, -0.1) is 24.0 Å². The zero-order valence-electron chi connectivity index (χ0n) is 17.5. The number of primary amides is 1. The fourth-order valence-corrected chi connectivity index (χ4v) is 2.24. The highest BCUT2D eigenvalue weighted by molar-refractivity contribution is 14.0. The summed E-state index contributed by atoms with van der Waals surface area (Å²) in [6.45, 7) is 9.66. The molecule has 164 valence electrons. The minimum absolute atomic E-state index is 0. The number of hydrogen-bond donors (Lipinski definition) is 4. The Balaban J connectivity index is 0.00000784. The second kappa shape index (κ2) is 16.0. The van der Waals surface area contributed by atoms with E-state index in [1.165, 1.54) is 0 Å². The average Bonchev–Trinajstić information content (AvgIpc) is 2.66. The summed E-state index contributed by atoms with van der Waals surface area (Å²) in [7, 11) is 0. The van der Waals surface area contributed by atoms with Crippen molar-refractivity contribution in [3.8, 4) is 0 Å². The molecule has 0 fully saturated rings. The quantitative estimate of drug-likeness (QED) is 0.145. The summed E-state index contributed by atoms with van der Waals surface area (Å²) in [4.78, 5) is 27.1. The molecule has 0 spiro atoms. The number of rotatable bonds is 12. The van der Waals surface area contributed by atoms with E-state index in [2.05, 4.69) is 34.8 Å². The first-order valence-corrected chi connectivity index (χ1v) is 9.67. The van der Waals surface area contributed by atoms with E-state index in [-0.39, 0.29) is 36.4 Å². The highest BCUT2D eigenvalue weighted by atomic mass is 127. The molecule has 1 rings (SSSR count). The molecule has 0 heterocycles. The number of ether oxygens (including phenoxy) is 1. The third kappa shape index (κ3) is 13.1. The minimum atomic E-state index is -0.575. The van der Waals surface area contributed by atoms with Crippen LogP contribution in [0.15, 0.2) is 29.3 Å². The maximum atomic E-state index is 11.9. The minimum Gasteiger partial charge on any atom is -0.381 e. The number of benzene rings is 1. The first-order chi connectivity index (χ1) is 13.4. The van der Waals surface area contributed by atoms with E-state index in [9.17, 15) is 9.59 Å². The number of nitrogens with zero attached hydrogens (tertiary/aromatic N) is 1. The van der Waals surface area contributed by atoms with Gasteiger partial charge in [0, 0.05) is 31.9 Å². The molecule has 0 aromatic heterocycles. The number of carbonyl (C=O) groups excluding carboxylic acids is 2. The summed E-state index contributed by atoms with van der Waals surface area (Å²) in [5.41, 5.74) is 6.47. The summed E-state index contributed by atoms with van der Waals surface area (Å²) in [6, 6.07) is 7.08. The normalized spacial score (nSPS) is 11.0. The number of guanidine groups is 1. The molecule has 1 aromatic carbocycles. The van der Waals surface area contributed by atoms with Crippen molar-refractivity contribution in [1.29, 1.82) is 0 Å². The summed E-state index contributed by atoms with van der Waals surface area (Å²) in [6.07, 6.45) is 0.909. The predicted octanol–water partition coefficient (Wildman–Crippen LogP) is 1.64. The molecule has 0 aliphatic carbocycles. The SMILES string of the molecule is CCNC(=NCc1ccc(C(=O)NCC(N)=O)cc1)NCCCOCC(C)C.I. The van der Waals surface area contributed by atoms with Gasteiger partial charge in [0.15, 0.2) is 5.96 Å². The van der Waals surface area contributed by atoms with Crippen LogP contribution in [-0.2, 0) is 16.1 Å². The molecule has 1 aromatic rings. The lowest BCUT2D eigenvalue weighted by Gasteiger charge is -2.12. The van der Waals surface area contributed by atoms with Gasteiger partial charge in [0.2, 0.25) is 5.91 Å². The highest BCUT2D eigenvalue weighted by Crippen LogP contribution is 2.06. The molecular weight excluding hydrogens is 485 g/mol. The van der Waals surface area contributed by atoms with Crippen molar-refractivity contribution in [3.05, 3.63) is 35.4 Å². The van der Waals surface area contributed by atoms with Gasteiger partial charge in [-0.2, -0.15) is 0 Å². The van der Waals surface area contributed by atoms with Gasteiger partial charge in [-0.3, -0.25) is 9.59 Å². The molecule has 8 nitrogen and oxygen atoms in total. The van der Waals surface area contributed by atoms with Crippen molar-refractivity contribution in [1.82, 2.24) is 16.0 Å². The lowest BCUT2D eigenvalue weighted by Crippen LogP contribution is -2.38. The highest BCUT2D eigenvalue weighted by Gasteiger charge is 2.06. The number of halogens is 1. The standard InChI is InChI=1S/C20H33N5O3.HI/c1-4-22-20(23-10-5-11-28-14-15(2)3)25-12-16-6-8-17(9-7-16)19(27)24-13-18(21)26;/h6-9,15H,4-5,10-14H2,1-3H3,(H2,21,26)(H,24,27)(H2,22,23,25);1H. The van der Waals surface area contributed by atoms with Gasteiger partial charge in [0.25, 0.3) is 5.91 Å². The molecule has 0 aliphatic rings. The molecule has 0 saturated heterocycles. The number of aliphatic imine (C=N–C) groups is 1. The number of carbonyl (C=O) groups is 2. The van der Waals surface area contributed by atoms with Crippen LogP contribution in [0.2, 0.25) is 0 Å². The van der Waals surface area contributed by atoms with E-state index in [1.54, 1.807) is 12.1 Å². The monoisotopic (exact) mass is 519 g/mol. The first-order valence-electron chi connectivity index (χ1n) is 9.67. The number of amides is 2. The maximum Gasteiger partial charge on any atom is 0.251 e. The van der Waals surface area contributed by atoms with Crippen LogP contribution in [0.3, 0.4) is 0 Å². The van der Waals surface area contributed by atoms with Gasteiger partial charge < -0.3 is 26.4 Å². The molecule has 0 radical (unpaired) electrons. The molecule has 0 saturated carbocycles. The Morgan fingerprint density at radius 3 is 2.41 bits per heavy atom. The van der Waals surface area contributed by atoms with Crippen molar-refractivity contribution in [2.75, 3.05) is 32.8 Å². The van der Waals surface area contributed by atoms with E-state index in [4.69, 9.17) is 10.5 Å². The Kier molecular flexibility index (Phi) is 14.9.